The molecule has 28 heavy (non-hydrogen) atoms. The normalized spacial score (nSPS) is 29.0. The van der Waals surface area contributed by atoms with Crippen molar-refractivity contribution >= 4 is 27.1 Å². The Kier molecular flexibility index (Phi) is 10.5. The first-order valence-electron chi connectivity index (χ1n) is 9.75. The molecule has 4 unspecified atom stereocenters. The van der Waals surface area contributed by atoms with Crippen molar-refractivity contribution in [2.24, 2.45) is 0 Å². The van der Waals surface area contributed by atoms with E-state index in [9.17, 15) is 0 Å². The van der Waals surface area contributed by atoms with Crippen molar-refractivity contribution in [3.05, 3.63) is 69.6 Å². The second kappa shape index (κ2) is 10.9. The molecular formula is C22H30Cl2S2SiZr+2. The number of hydrogen-bond donors (Lipinski definition) is 0. The Morgan fingerprint density at radius 2 is 1.18 bits per heavy atom. The molecule has 2 aliphatic heterocycles. The summed E-state index contributed by atoms with van der Waals surface area (Å²) in [6.07, 6.45) is 23.3. The van der Waals surface area contributed by atoms with Crippen LogP contribution in [-0.2, 0) is 46.9 Å². The van der Waals surface area contributed by atoms with Gasteiger partial charge < -0.3 is 24.8 Å². The molecule has 4 rings (SSSR count). The van der Waals surface area contributed by atoms with Crippen LogP contribution < -0.4 is 24.8 Å². The van der Waals surface area contributed by atoms with E-state index in [2.05, 4.69) is 75.5 Å². The van der Waals surface area contributed by atoms with Crippen molar-refractivity contribution in [3.8, 4) is 0 Å². The van der Waals surface area contributed by atoms with Crippen LogP contribution >= 0.6 is 0 Å². The van der Waals surface area contributed by atoms with E-state index in [1.165, 1.54) is 25.7 Å². The molecule has 0 fully saturated rings. The van der Waals surface area contributed by atoms with Gasteiger partial charge in [-0.1, -0.05) is 38.8 Å². The molecule has 4 aliphatic rings. The Bertz CT molecular complexity index is 702. The van der Waals surface area contributed by atoms with E-state index < -0.39 is 6.37 Å². The molecule has 0 bridgehead atoms. The van der Waals surface area contributed by atoms with Crippen LogP contribution in [0.4, 0.5) is 0 Å². The van der Waals surface area contributed by atoms with Crippen molar-refractivity contribution in [2.75, 3.05) is 0 Å². The number of allylic oxidation sites excluding steroid dienone is 8. The van der Waals surface area contributed by atoms with Gasteiger partial charge in [-0.05, 0) is 49.3 Å². The first kappa shape index (κ1) is 26.9. The Labute approximate surface area is 209 Å². The monoisotopic (exact) mass is 546 g/mol. The van der Waals surface area contributed by atoms with Crippen LogP contribution in [0.3, 0.4) is 0 Å². The quantitative estimate of drug-likeness (QED) is 0.325. The molecule has 0 aromatic rings. The minimum atomic E-state index is -1.47. The summed E-state index contributed by atoms with van der Waals surface area (Å²) >= 11 is 0. The maximum atomic E-state index is 2.72. The van der Waals surface area contributed by atoms with Gasteiger partial charge in [0, 0.05) is 44.9 Å². The van der Waals surface area contributed by atoms with Gasteiger partial charge in [0.2, 0.25) is 0 Å². The largest absolute Gasteiger partial charge is 2.00 e. The van der Waals surface area contributed by atoms with Gasteiger partial charge in [0.05, 0.1) is 0 Å². The standard InChI is InChI=1S/C22H30S2Si.2ClH.Zr/c1-5-9-19-15-17-11-7-13-21(17)23(19)25(3,4)24-20(10-6-2)16-18-12-8-14-22(18)24;;;/h7-8,11-16,19-20H,5-6,9-10H2,1-4H3;2*1H;/q+2;;;+2/p-2. The van der Waals surface area contributed by atoms with Crippen molar-refractivity contribution in [1.82, 2.24) is 0 Å². The summed E-state index contributed by atoms with van der Waals surface area (Å²) in [7, 11) is 0.902. The third-order valence-electron chi connectivity index (χ3n) is 5.63. The van der Waals surface area contributed by atoms with E-state index in [1.807, 2.05) is 0 Å². The summed E-state index contributed by atoms with van der Waals surface area (Å²) in [6.45, 7) is 10.1. The Morgan fingerprint density at radius 3 is 1.54 bits per heavy atom. The second-order valence-electron chi connectivity index (χ2n) is 7.75. The summed E-state index contributed by atoms with van der Waals surface area (Å²) < 4.78 is 0. The maximum absolute atomic E-state index is 2.72. The Hall–Kier alpha value is 0.820. The smallest absolute Gasteiger partial charge is 1.00 e. The molecule has 0 nitrogen and oxygen atoms in total. The predicted octanol–water partition coefficient (Wildman–Crippen LogP) is 0.0551. The van der Waals surface area contributed by atoms with Crippen molar-refractivity contribution in [1.29, 1.82) is 0 Å². The van der Waals surface area contributed by atoms with Crippen molar-refractivity contribution in [3.63, 3.8) is 0 Å². The van der Waals surface area contributed by atoms with Gasteiger partial charge in [-0.25, -0.2) is 0 Å². The molecule has 150 valence electrons. The van der Waals surface area contributed by atoms with E-state index >= 15 is 0 Å². The van der Waals surface area contributed by atoms with E-state index in [-0.39, 0.29) is 51.0 Å². The number of halogens is 2. The molecule has 0 saturated carbocycles. The molecule has 2 heterocycles. The number of fused-ring (bicyclic) bond motifs is 2. The fourth-order valence-electron chi connectivity index (χ4n) is 4.70. The Balaban J connectivity index is 0.00000131. The van der Waals surface area contributed by atoms with Crippen LogP contribution in [0, 0.1) is 0 Å². The molecule has 0 aromatic carbocycles. The topological polar surface area (TPSA) is 0 Å². The molecule has 0 spiro atoms. The first-order chi connectivity index (χ1) is 12.1. The summed E-state index contributed by atoms with van der Waals surface area (Å²) in [5.41, 5.74) is 3.12. The molecule has 0 aromatic heterocycles. The zero-order valence-electron chi connectivity index (χ0n) is 17.2. The van der Waals surface area contributed by atoms with E-state index in [0.717, 1.165) is 10.5 Å². The van der Waals surface area contributed by atoms with Gasteiger partial charge in [0.15, 0.2) is 0 Å². The summed E-state index contributed by atoms with van der Waals surface area (Å²) in [5.74, 6) is 0. The van der Waals surface area contributed by atoms with Gasteiger partial charge >= 0.3 is 32.6 Å². The fraction of sp³-hybridized carbons (Fsp3) is 0.455. The maximum Gasteiger partial charge on any atom is 2.00 e. The van der Waals surface area contributed by atoms with Crippen LogP contribution in [0.25, 0.3) is 0 Å². The fourth-order valence-corrected chi connectivity index (χ4v) is 26.7. The van der Waals surface area contributed by atoms with Crippen molar-refractivity contribution < 1.29 is 51.0 Å². The van der Waals surface area contributed by atoms with Gasteiger partial charge in [0.1, 0.15) is 20.3 Å². The minimum Gasteiger partial charge on any atom is -1.00 e. The van der Waals surface area contributed by atoms with Crippen LogP contribution in [-0.4, -0.2) is 16.9 Å². The predicted molar refractivity (Wildman–Crippen MR) is 120 cm³/mol. The second-order valence-corrected chi connectivity index (χ2v) is 23.5. The van der Waals surface area contributed by atoms with Gasteiger partial charge in [-0.2, -0.15) is 0 Å². The molecule has 6 heteroatoms. The molecule has 0 radical (unpaired) electrons. The molecule has 0 N–H and O–H groups in total. The number of hydrogen-bond acceptors (Lipinski definition) is 0. The van der Waals surface area contributed by atoms with E-state index in [4.69, 9.17) is 0 Å². The van der Waals surface area contributed by atoms with E-state index in [0.29, 0.717) is 20.7 Å². The third kappa shape index (κ3) is 4.53. The summed E-state index contributed by atoms with van der Waals surface area (Å²) in [6, 6.07) is 0. The third-order valence-corrected chi connectivity index (χ3v) is 24.1. The van der Waals surface area contributed by atoms with Crippen LogP contribution in [0.5, 0.6) is 0 Å². The molecule has 0 saturated heterocycles. The molecule has 2 aliphatic carbocycles. The van der Waals surface area contributed by atoms with Gasteiger partial charge in [-0.15, -0.1) is 0 Å². The SMILES string of the molecule is CCCC1C=C2C=CC=C2[S+]1[Si](C)(C)[S+]1C2=CC=CC2=CC1CCC.[Cl-].[Cl-].[Zr+2]. The molecular weight excluding hydrogens is 519 g/mol. The van der Waals surface area contributed by atoms with Crippen LogP contribution in [0.15, 0.2) is 69.6 Å². The summed E-state index contributed by atoms with van der Waals surface area (Å²) in [5, 5.41) is 1.60. The average Bonchev–Trinajstić information content (AvgIpc) is 3.26. The van der Waals surface area contributed by atoms with Gasteiger partial charge in [-0.3, -0.25) is 0 Å². The first-order valence-corrected chi connectivity index (χ1v) is 16.8. The van der Waals surface area contributed by atoms with Crippen LogP contribution in [0.2, 0.25) is 13.1 Å². The zero-order chi connectivity index (χ0) is 17.6. The van der Waals surface area contributed by atoms with Gasteiger partial charge in [0.25, 0.3) is 0 Å². The van der Waals surface area contributed by atoms with Crippen LogP contribution in [0.1, 0.15) is 39.5 Å². The minimum absolute atomic E-state index is 0. The molecule has 0 amide bonds. The number of rotatable bonds is 6. The zero-order valence-corrected chi connectivity index (χ0v) is 23.8. The summed E-state index contributed by atoms with van der Waals surface area (Å²) in [4.78, 5) is 3.41. The van der Waals surface area contributed by atoms with Crippen molar-refractivity contribution in [2.45, 2.75) is 63.1 Å². The van der Waals surface area contributed by atoms with E-state index in [1.54, 1.807) is 21.0 Å². The Morgan fingerprint density at radius 1 is 0.786 bits per heavy atom. The molecule has 4 atom stereocenters. The average molecular weight is 549 g/mol.